The Bertz CT molecular complexity index is 1490. The first-order valence-corrected chi connectivity index (χ1v) is 30.3. The number of aliphatic hydroxyl groups is 1. The normalized spacial score (nSPS) is 13.9. The molecule has 2 N–H and O–H groups in total. The SMILES string of the molecule is CC/C=C\C/C=C\C/C=C\C/C=C\C/C=C\CCCCCC(=O)OC(COC(=O)CCCCCCC/C=C\CCCC)COP(=O)(O)OCC(CO)OC(=O)CCCCCCCCCCCCCCCCC. The zero-order valence-corrected chi connectivity index (χ0v) is 46.8. The number of aliphatic hydroxyl groups excluding tert-OH is 1. The van der Waals surface area contributed by atoms with Crippen LogP contribution in [0, 0.1) is 0 Å². The van der Waals surface area contributed by atoms with Crippen molar-refractivity contribution in [2.24, 2.45) is 0 Å². The molecule has 0 aromatic heterocycles. The van der Waals surface area contributed by atoms with Gasteiger partial charge in [-0.2, -0.15) is 0 Å². The lowest BCUT2D eigenvalue weighted by molar-refractivity contribution is -0.161. The molecule has 0 rings (SSSR count). The summed E-state index contributed by atoms with van der Waals surface area (Å²) < 4.78 is 39.5. The number of esters is 3. The van der Waals surface area contributed by atoms with Gasteiger partial charge in [0.15, 0.2) is 6.10 Å². The van der Waals surface area contributed by atoms with Gasteiger partial charge in [0.25, 0.3) is 0 Å². The largest absolute Gasteiger partial charge is 0.472 e. The minimum absolute atomic E-state index is 0.126. The van der Waals surface area contributed by atoms with Crippen molar-refractivity contribution in [2.45, 2.75) is 264 Å². The molecular formula is C60H105O11P. The van der Waals surface area contributed by atoms with Gasteiger partial charge in [-0.1, -0.05) is 222 Å². The molecular weight excluding hydrogens is 928 g/mol. The minimum atomic E-state index is -4.76. The number of ether oxygens (including phenoxy) is 3. The van der Waals surface area contributed by atoms with Crippen LogP contribution in [-0.2, 0) is 42.2 Å². The van der Waals surface area contributed by atoms with E-state index in [0.29, 0.717) is 19.3 Å². The van der Waals surface area contributed by atoms with Gasteiger partial charge in [-0.25, -0.2) is 4.57 Å². The van der Waals surface area contributed by atoms with Gasteiger partial charge in [-0.05, 0) is 83.5 Å². The Kier molecular flexibility index (Phi) is 51.9. The number of phosphoric acid groups is 1. The molecule has 0 spiro atoms. The fraction of sp³-hybridized carbons (Fsp3) is 0.750. The molecule has 416 valence electrons. The molecule has 3 unspecified atom stereocenters. The highest BCUT2D eigenvalue weighted by molar-refractivity contribution is 7.47. The molecule has 0 saturated heterocycles. The van der Waals surface area contributed by atoms with Gasteiger partial charge in [0, 0.05) is 19.3 Å². The number of phosphoric ester groups is 1. The van der Waals surface area contributed by atoms with Crippen molar-refractivity contribution in [3.8, 4) is 0 Å². The number of hydrogen-bond acceptors (Lipinski definition) is 10. The summed E-state index contributed by atoms with van der Waals surface area (Å²) in [6.07, 6.45) is 60.1. The van der Waals surface area contributed by atoms with Crippen LogP contribution >= 0.6 is 7.82 Å². The quantitative estimate of drug-likeness (QED) is 0.0197. The number of carbonyl (C=O) groups is 3. The van der Waals surface area contributed by atoms with Crippen LogP contribution in [0.4, 0.5) is 0 Å². The number of carbonyl (C=O) groups excluding carboxylic acids is 3. The van der Waals surface area contributed by atoms with Crippen molar-refractivity contribution in [1.29, 1.82) is 0 Å². The van der Waals surface area contributed by atoms with E-state index in [9.17, 15) is 28.9 Å². The highest BCUT2D eigenvalue weighted by atomic mass is 31.2. The third-order valence-electron chi connectivity index (χ3n) is 12.1. The van der Waals surface area contributed by atoms with E-state index in [1.54, 1.807) is 0 Å². The lowest BCUT2D eigenvalue weighted by Crippen LogP contribution is -2.30. The number of rotatable bonds is 53. The third-order valence-corrected chi connectivity index (χ3v) is 13.1. The molecule has 0 saturated carbocycles. The minimum Gasteiger partial charge on any atom is -0.462 e. The van der Waals surface area contributed by atoms with Gasteiger partial charge >= 0.3 is 25.7 Å². The topological polar surface area (TPSA) is 155 Å². The molecule has 0 amide bonds. The van der Waals surface area contributed by atoms with Crippen LogP contribution in [0.25, 0.3) is 0 Å². The third kappa shape index (κ3) is 51.8. The molecule has 0 aliphatic carbocycles. The lowest BCUT2D eigenvalue weighted by Gasteiger charge is -2.21. The van der Waals surface area contributed by atoms with Crippen LogP contribution in [0.1, 0.15) is 252 Å². The van der Waals surface area contributed by atoms with Crippen LogP contribution < -0.4 is 0 Å². The van der Waals surface area contributed by atoms with E-state index in [2.05, 4.69) is 93.7 Å². The van der Waals surface area contributed by atoms with Crippen LogP contribution in [0.5, 0.6) is 0 Å². The van der Waals surface area contributed by atoms with E-state index in [-0.39, 0.29) is 25.9 Å². The van der Waals surface area contributed by atoms with E-state index in [4.69, 9.17) is 23.3 Å². The molecule has 0 heterocycles. The molecule has 11 nitrogen and oxygen atoms in total. The number of allylic oxidation sites excluding steroid dienone is 12. The van der Waals surface area contributed by atoms with Crippen molar-refractivity contribution in [1.82, 2.24) is 0 Å². The summed E-state index contributed by atoms with van der Waals surface area (Å²) in [5, 5.41) is 9.81. The van der Waals surface area contributed by atoms with Crippen LogP contribution in [0.15, 0.2) is 72.9 Å². The van der Waals surface area contributed by atoms with E-state index >= 15 is 0 Å². The Morgan fingerprint density at radius 2 is 0.736 bits per heavy atom. The highest BCUT2D eigenvalue weighted by Gasteiger charge is 2.28. The predicted molar refractivity (Wildman–Crippen MR) is 298 cm³/mol. The summed E-state index contributed by atoms with van der Waals surface area (Å²) in [4.78, 5) is 48.5. The molecule has 0 fully saturated rings. The maximum absolute atomic E-state index is 12.9. The molecule has 0 aromatic carbocycles. The van der Waals surface area contributed by atoms with E-state index in [1.165, 1.54) is 83.5 Å². The van der Waals surface area contributed by atoms with Crippen LogP contribution in [0.2, 0.25) is 0 Å². The fourth-order valence-corrected chi connectivity index (χ4v) is 8.50. The Morgan fingerprint density at radius 1 is 0.403 bits per heavy atom. The maximum atomic E-state index is 12.9. The molecule has 0 aromatic rings. The Hall–Kier alpha value is -3.08. The summed E-state index contributed by atoms with van der Waals surface area (Å²) in [6, 6.07) is 0. The Labute approximate surface area is 439 Å². The van der Waals surface area contributed by atoms with Crippen molar-refractivity contribution in [3.63, 3.8) is 0 Å². The van der Waals surface area contributed by atoms with E-state index in [1.807, 2.05) is 0 Å². The second-order valence-corrected chi connectivity index (χ2v) is 20.5. The lowest BCUT2D eigenvalue weighted by atomic mass is 10.0. The van der Waals surface area contributed by atoms with Crippen molar-refractivity contribution in [2.75, 3.05) is 26.4 Å². The molecule has 0 radical (unpaired) electrons. The summed E-state index contributed by atoms with van der Waals surface area (Å²) in [5.74, 6) is -1.51. The molecule has 72 heavy (non-hydrogen) atoms. The van der Waals surface area contributed by atoms with Crippen molar-refractivity contribution >= 4 is 25.7 Å². The molecule has 0 aliphatic rings. The predicted octanol–water partition coefficient (Wildman–Crippen LogP) is 16.9. The van der Waals surface area contributed by atoms with E-state index < -0.39 is 57.8 Å². The summed E-state index contributed by atoms with van der Waals surface area (Å²) >= 11 is 0. The summed E-state index contributed by atoms with van der Waals surface area (Å²) in [5.41, 5.74) is 0. The van der Waals surface area contributed by atoms with Gasteiger partial charge in [-0.3, -0.25) is 23.4 Å². The summed E-state index contributed by atoms with van der Waals surface area (Å²) in [7, 11) is -4.76. The van der Waals surface area contributed by atoms with Gasteiger partial charge in [0.05, 0.1) is 19.8 Å². The van der Waals surface area contributed by atoms with Gasteiger partial charge in [0.2, 0.25) is 0 Å². The van der Waals surface area contributed by atoms with Crippen molar-refractivity contribution < 1.29 is 52.2 Å². The first kappa shape index (κ1) is 68.9. The highest BCUT2D eigenvalue weighted by Crippen LogP contribution is 2.43. The smallest absolute Gasteiger partial charge is 0.462 e. The molecule has 3 atom stereocenters. The average Bonchev–Trinajstić information content (AvgIpc) is 3.37. The molecule has 0 aliphatic heterocycles. The van der Waals surface area contributed by atoms with Gasteiger partial charge in [0.1, 0.15) is 12.7 Å². The second kappa shape index (κ2) is 54.2. The van der Waals surface area contributed by atoms with Gasteiger partial charge < -0.3 is 24.2 Å². The molecule has 12 heteroatoms. The first-order chi connectivity index (χ1) is 35.2. The average molecular weight is 1030 g/mol. The monoisotopic (exact) mass is 1030 g/mol. The summed E-state index contributed by atoms with van der Waals surface area (Å²) in [6.45, 7) is 4.46. The molecule has 0 bridgehead atoms. The second-order valence-electron chi connectivity index (χ2n) is 19.1. The maximum Gasteiger partial charge on any atom is 0.472 e. The standard InChI is InChI=1S/C60H105O11P/c1-4-7-10-13-16-19-22-24-26-27-28-29-31-33-36-39-42-45-48-51-60(64)71-57(53-67-58(62)49-46-43-40-37-34-21-18-15-12-9-6-3)55-69-72(65,66)68-54-56(52-61)70-59(63)50-47-44-41-38-35-32-30-25-23-20-17-14-11-8-5-2/h7,10,15-16,18-19,24,26,28-29,33,36,56-57,61H,4-6,8-9,11-14,17,20-23,25,27,30-32,34-35,37-55H2,1-3H3,(H,65,66)/b10-7-,18-15-,19-16-,26-24-,29-28-,36-33-. The van der Waals surface area contributed by atoms with Gasteiger partial charge in [-0.15, -0.1) is 0 Å². The van der Waals surface area contributed by atoms with Crippen LogP contribution in [-0.4, -0.2) is 66.5 Å². The zero-order valence-electron chi connectivity index (χ0n) is 45.9. The van der Waals surface area contributed by atoms with Crippen molar-refractivity contribution in [3.05, 3.63) is 72.9 Å². The Balaban J connectivity index is 4.74. The van der Waals surface area contributed by atoms with E-state index in [0.717, 1.165) is 109 Å². The van der Waals surface area contributed by atoms with Crippen LogP contribution in [0.3, 0.4) is 0 Å². The first-order valence-electron chi connectivity index (χ1n) is 28.8. The zero-order chi connectivity index (χ0) is 52.7. The number of hydrogen-bond donors (Lipinski definition) is 2. The number of unbranched alkanes of at least 4 members (excludes halogenated alkanes) is 24. The Morgan fingerprint density at radius 3 is 1.18 bits per heavy atom. The fourth-order valence-electron chi connectivity index (χ4n) is 7.72.